The Kier molecular flexibility index (Phi) is 3.18. The second-order valence-corrected chi connectivity index (χ2v) is 8.81. The van der Waals surface area contributed by atoms with E-state index in [0.29, 0.717) is 14.5 Å². The SMILES string of the molecule is O=S1(=O)c2ccccc2[Se]C(=S)N1c1ccccc1. The Hall–Kier alpha value is -1.20. The van der Waals surface area contributed by atoms with E-state index >= 15 is 0 Å². The molecule has 96 valence electrons. The fraction of sp³-hybridized carbons (Fsp3) is 0. The van der Waals surface area contributed by atoms with E-state index in [-0.39, 0.29) is 15.0 Å². The molecule has 0 unspecified atom stereocenters. The number of para-hydroxylation sites is 1. The number of rotatable bonds is 1. The maximum atomic E-state index is 12.7. The number of thiocarbonyl (C=S) groups is 1. The molecule has 3 rings (SSSR count). The molecule has 0 fully saturated rings. The number of hydrogen-bond acceptors (Lipinski definition) is 3. The van der Waals surface area contributed by atoms with Gasteiger partial charge < -0.3 is 0 Å². The average Bonchev–Trinajstić information content (AvgIpc) is 2.39. The molecule has 0 amide bonds. The van der Waals surface area contributed by atoms with E-state index in [4.69, 9.17) is 12.2 Å². The molecule has 2 aromatic carbocycles. The summed E-state index contributed by atoms with van der Waals surface area (Å²) in [6, 6.07) is 16.0. The molecule has 19 heavy (non-hydrogen) atoms. The first-order valence-electron chi connectivity index (χ1n) is 5.52. The summed E-state index contributed by atoms with van der Waals surface area (Å²) in [5, 5.41) is 0. The van der Waals surface area contributed by atoms with Gasteiger partial charge in [0.25, 0.3) is 0 Å². The molecule has 0 saturated heterocycles. The summed E-state index contributed by atoms with van der Waals surface area (Å²) in [6.07, 6.45) is 0. The van der Waals surface area contributed by atoms with Gasteiger partial charge in [-0.2, -0.15) is 0 Å². The van der Waals surface area contributed by atoms with Crippen LogP contribution in [-0.4, -0.2) is 27.3 Å². The molecule has 0 saturated carbocycles. The maximum absolute atomic E-state index is 12.7. The van der Waals surface area contributed by atoms with Crippen molar-refractivity contribution < 1.29 is 8.42 Å². The van der Waals surface area contributed by atoms with Crippen LogP contribution in [0.4, 0.5) is 5.69 Å². The fourth-order valence-corrected chi connectivity index (χ4v) is 7.26. The van der Waals surface area contributed by atoms with Gasteiger partial charge in [0.15, 0.2) is 0 Å². The monoisotopic (exact) mass is 355 g/mol. The summed E-state index contributed by atoms with van der Waals surface area (Å²) < 4.78 is 27.9. The minimum absolute atomic E-state index is 0.146. The van der Waals surface area contributed by atoms with Crippen molar-refractivity contribution in [1.82, 2.24) is 0 Å². The molecule has 0 bridgehead atoms. The molecule has 0 atom stereocenters. The summed E-state index contributed by atoms with van der Waals surface area (Å²) in [5.41, 5.74) is 0.601. The first-order chi connectivity index (χ1) is 9.10. The zero-order valence-electron chi connectivity index (χ0n) is 9.68. The Labute approximate surface area is 123 Å². The van der Waals surface area contributed by atoms with Gasteiger partial charge in [0, 0.05) is 0 Å². The van der Waals surface area contributed by atoms with Crippen LogP contribution in [0.3, 0.4) is 0 Å². The molecule has 2 aromatic rings. The third kappa shape index (κ3) is 2.11. The minimum atomic E-state index is -3.58. The van der Waals surface area contributed by atoms with Gasteiger partial charge in [-0.1, -0.05) is 0 Å². The molecule has 0 aliphatic carbocycles. The van der Waals surface area contributed by atoms with Crippen LogP contribution in [0.15, 0.2) is 59.5 Å². The Morgan fingerprint density at radius 1 is 0.947 bits per heavy atom. The molecule has 6 heteroatoms. The first-order valence-corrected chi connectivity index (χ1v) is 9.08. The van der Waals surface area contributed by atoms with Gasteiger partial charge in [-0.3, -0.25) is 0 Å². The summed E-state index contributed by atoms with van der Waals surface area (Å²) in [6.45, 7) is 0. The molecule has 0 N–H and O–H groups in total. The first kappa shape index (κ1) is 12.8. The molecule has 3 nitrogen and oxygen atoms in total. The Morgan fingerprint density at radius 3 is 2.32 bits per heavy atom. The number of hydrogen-bond donors (Lipinski definition) is 0. The van der Waals surface area contributed by atoms with Crippen molar-refractivity contribution in [3.63, 3.8) is 0 Å². The molecular weight excluding hydrogens is 345 g/mol. The van der Waals surface area contributed by atoms with Crippen molar-refractivity contribution in [3.8, 4) is 0 Å². The third-order valence-electron chi connectivity index (χ3n) is 2.72. The van der Waals surface area contributed by atoms with E-state index in [9.17, 15) is 8.42 Å². The predicted molar refractivity (Wildman–Crippen MR) is 80.5 cm³/mol. The predicted octanol–water partition coefficient (Wildman–Crippen LogP) is 1.51. The molecule has 0 radical (unpaired) electrons. The molecular formula is C13H9NO2S2Se. The van der Waals surface area contributed by atoms with Gasteiger partial charge in [-0.05, 0) is 0 Å². The second-order valence-electron chi connectivity index (χ2n) is 3.92. The average molecular weight is 354 g/mol. The molecule has 1 heterocycles. The third-order valence-corrected chi connectivity index (χ3v) is 7.75. The Bertz CT molecular complexity index is 744. The van der Waals surface area contributed by atoms with Crippen molar-refractivity contribution in [2.45, 2.75) is 4.90 Å². The molecule has 1 aliphatic rings. The van der Waals surface area contributed by atoms with Gasteiger partial charge in [0.05, 0.1) is 0 Å². The van der Waals surface area contributed by atoms with Crippen molar-refractivity contribution >= 4 is 51.2 Å². The molecule has 0 aromatic heterocycles. The Balaban J connectivity index is 2.22. The van der Waals surface area contributed by atoms with Crippen LogP contribution in [0.2, 0.25) is 0 Å². The zero-order valence-corrected chi connectivity index (χ0v) is 13.0. The Morgan fingerprint density at radius 2 is 1.58 bits per heavy atom. The summed E-state index contributed by atoms with van der Waals surface area (Å²) >= 11 is 5.16. The van der Waals surface area contributed by atoms with E-state index in [1.165, 1.54) is 4.31 Å². The number of benzene rings is 2. The van der Waals surface area contributed by atoms with Crippen LogP contribution in [0.1, 0.15) is 0 Å². The normalized spacial score (nSPS) is 17.1. The van der Waals surface area contributed by atoms with Gasteiger partial charge in [-0.25, -0.2) is 0 Å². The quantitative estimate of drug-likeness (QED) is 0.576. The molecule has 0 spiro atoms. The van der Waals surface area contributed by atoms with Crippen LogP contribution in [0.25, 0.3) is 0 Å². The van der Waals surface area contributed by atoms with Gasteiger partial charge >= 0.3 is 123 Å². The van der Waals surface area contributed by atoms with Crippen LogP contribution < -0.4 is 8.77 Å². The summed E-state index contributed by atoms with van der Waals surface area (Å²) in [7, 11) is -3.58. The second kappa shape index (κ2) is 4.72. The van der Waals surface area contributed by atoms with Crippen LogP contribution >= 0.6 is 12.2 Å². The van der Waals surface area contributed by atoms with E-state index < -0.39 is 10.0 Å². The topological polar surface area (TPSA) is 37.4 Å². The van der Waals surface area contributed by atoms with Crippen molar-refractivity contribution in [2.75, 3.05) is 4.31 Å². The van der Waals surface area contributed by atoms with Crippen LogP contribution in [0, 0.1) is 0 Å². The summed E-state index contributed by atoms with van der Waals surface area (Å²) in [5.74, 6) is 0. The number of anilines is 1. The fourth-order valence-electron chi connectivity index (χ4n) is 1.89. The van der Waals surface area contributed by atoms with Crippen molar-refractivity contribution in [1.29, 1.82) is 0 Å². The van der Waals surface area contributed by atoms with Gasteiger partial charge in [0.2, 0.25) is 0 Å². The zero-order chi connectivity index (χ0) is 13.5. The molecule has 1 aliphatic heterocycles. The van der Waals surface area contributed by atoms with E-state index in [1.807, 2.05) is 18.2 Å². The van der Waals surface area contributed by atoms with Crippen LogP contribution in [0.5, 0.6) is 0 Å². The van der Waals surface area contributed by atoms with Crippen molar-refractivity contribution in [2.24, 2.45) is 0 Å². The number of fused-ring (bicyclic) bond motifs is 1. The van der Waals surface area contributed by atoms with Crippen LogP contribution in [-0.2, 0) is 10.0 Å². The standard InChI is InChI=1S/C13H9NO2S2Se/c15-18(16)11-8-4-5-9-12(11)19-13(17)14(18)10-6-2-1-3-7-10/h1-9H. The summed E-state index contributed by atoms with van der Waals surface area (Å²) in [4.78, 5) is 0.368. The van der Waals surface area contributed by atoms with E-state index in [1.54, 1.807) is 36.4 Å². The van der Waals surface area contributed by atoms with Crippen molar-refractivity contribution in [3.05, 3.63) is 54.6 Å². The van der Waals surface area contributed by atoms with Gasteiger partial charge in [0.1, 0.15) is 0 Å². The van der Waals surface area contributed by atoms with Gasteiger partial charge in [-0.15, -0.1) is 0 Å². The van der Waals surface area contributed by atoms with E-state index in [2.05, 4.69) is 0 Å². The van der Waals surface area contributed by atoms with E-state index in [0.717, 1.165) is 4.46 Å². The number of nitrogens with zero attached hydrogens (tertiary/aromatic N) is 1. The number of sulfonamides is 1.